The molecule has 0 radical (unpaired) electrons. The zero-order valence-corrected chi connectivity index (χ0v) is 18.7. The molecule has 1 aromatic carbocycles. The van der Waals surface area contributed by atoms with Gasteiger partial charge in [-0.3, -0.25) is 14.5 Å². The quantitative estimate of drug-likeness (QED) is 0.626. The van der Waals surface area contributed by atoms with Crippen LogP contribution in [0.15, 0.2) is 29.4 Å². The van der Waals surface area contributed by atoms with E-state index in [1.165, 1.54) is 30.0 Å². The minimum atomic E-state index is -4.54. The number of alkyl halides is 3. The van der Waals surface area contributed by atoms with Crippen LogP contribution in [0, 0.1) is 6.92 Å². The van der Waals surface area contributed by atoms with Crippen LogP contribution in [0.4, 0.5) is 18.9 Å². The summed E-state index contributed by atoms with van der Waals surface area (Å²) < 4.78 is 41.2. The van der Waals surface area contributed by atoms with Crippen LogP contribution in [-0.4, -0.2) is 74.9 Å². The van der Waals surface area contributed by atoms with E-state index in [9.17, 15) is 22.8 Å². The molecule has 0 saturated carbocycles. The summed E-state index contributed by atoms with van der Waals surface area (Å²) in [7, 11) is 0. The van der Waals surface area contributed by atoms with Gasteiger partial charge in [-0.2, -0.15) is 13.2 Å². The number of nitrogens with one attached hydrogen (secondary N) is 1. The third-order valence-electron chi connectivity index (χ3n) is 5.14. The van der Waals surface area contributed by atoms with Crippen molar-refractivity contribution in [2.75, 3.05) is 43.8 Å². The summed E-state index contributed by atoms with van der Waals surface area (Å²) in [4.78, 5) is 28.3. The first-order chi connectivity index (χ1) is 15.2. The maximum atomic E-state index is 13.1. The second-order valence-corrected chi connectivity index (χ2v) is 8.25. The van der Waals surface area contributed by atoms with Crippen molar-refractivity contribution in [3.8, 4) is 0 Å². The van der Waals surface area contributed by atoms with Crippen LogP contribution in [0.3, 0.4) is 0 Å². The van der Waals surface area contributed by atoms with Crippen molar-refractivity contribution in [3.63, 3.8) is 0 Å². The average molecular weight is 471 g/mol. The number of amides is 2. The van der Waals surface area contributed by atoms with Gasteiger partial charge in [0, 0.05) is 32.7 Å². The van der Waals surface area contributed by atoms with Gasteiger partial charge < -0.3 is 14.8 Å². The van der Waals surface area contributed by atoms with Gasteiger partial charge in [0.25, 0.3) is 0 Å². The minimum Gasteiger partial charge on any atom is -0.339 e. The van der Waals surface area contributed by atoms with Gasteiger partial charge in [-0.1, -0.05) is 23.9 Å². The minimum absolute atomic E-state index is 0.0264. The second-order valence-electron chi connectivity index (χ2n) is 7.31. The van der Waals surface area contributed by atoms with Crippen LogP contribution in [0.5, 0.6) is 0 Å². The molecule has 0 spiro atoms. The molecule has 2 aromatic rings. The molecule has 0 atom stereocenters. The predicted octanol–water partition coefficient (Wildman–Crippen LogP) is 2.50. The molecule has 32 heavy (non-hydrogen) atoms. The van der Waals surface area contributed by atoms with E-state index in [0.29, 0.717) is 31.3 Å². The highest BCUT2D eigenvalue weighted by Gasteiger charge is 2.33. The molecule has 2 heterocycles. The number of benzene rings is 1. The third-order valence-corrected chi connectivity index (χ3v) is 6.09. The van der Waals surface area contributed by atoms with E-state index in [1.807, 2.05) is 23.3 Å². The van der Waals surface area contributed by atoms with Gasteiger partial charge in [0.1, 0.15) is 5.82 Å². The first kappa shape index (κ1) is 24.1. The lowest BCUT2D eigenvalue weighted by Crippen LogP contribution is -2.51. The number of para-hydroxylation sites is 1. The number of aryl methyl sites for hydroxylation is 1. The van der Waals surface area contributed by atoms with Crippen LogP contribution in [0.25, 0.3) is 0 Å². The van der Waals surface area contributed by atoms with Gasteiger partial charge in [0.15, 0.2) is 5.16 Å². The maximum absolute atomic E-state index is 13.1. The molecule has 2 amide bonds. The normalized spacial score (nSPS) is 15.1. The lowest BCUT2D eigenvalue weighted by atomic mass is 10.1. The second kappa shape index (κ2) is 10.3. The highest BCUT2D eigenvalue weighted by Crippen LogP contribution is 2.34. The number of halogens is 3. The number of hydrogen-bond acceptors (Lipinski definition) is 6. The van der Waals surface area contributed by atoms with Crippen LogP contribution in [0.1, 0.15) is 18.3 Å². The summed E-state index contributed by atoms with van der Waals surface area (Å²) in [5.74, 6) is 0.493. The summed E-state index contributed by atoms with van der Waals surface area (Å²) in [6, 6.07) is 4.88. The average Bonchev–Trinajstić information content (AvgIpc) is 3.11. The first-order valence-electron chi connectivity index (χ1n) is 10.2. The van der Waals surface area contributed by atoms with Gasteiger partial charge in [0.05, 0.1) is 23.5 Å². The Morgan fingerprint density at radius 3 is 2.47 bits per heavy atom. The largest absolute Gasteiger partial charge is 0.418 e. The van der Waals surface area contributed by atoms with Crippen molar-refractivity contribution in [3.05, 3.63) is 35.7 Å². The Hall–Kier alpha value is -2.60. The highest BCUT2D eigenvalue weighted by atomic mass is 32.2. The van der Waals surface area contributed by atoms with Crippen LogP contribution in [-0.2, 0) is 22.3 Å². The molecule has 3 rings (SSSR count). The number of aromatic nitrogens is 3. The summed E-state index contributed by atoms with van der Waals surface area (Å²) in [6.45, 7) is 6.37. The molecule has 174 valence electrons. The van der Waals surface area contributed by atoms with Crippen molar-refractivity contribution < 1.29 is 22.8 Å². The van der Waals surface area contributed by atoms with Gasteiger partial charge in [0.2, 0.25) is 11.8 Å². The van der Waals surface area contributed by atoms with E-state index < -0.39 is 17.6 Å². The molecule has 1 saturated heterocycles. The van der Waals surface area contributed by atoms with Gasteiger partial charge in [-0.25, -0.2) is 0 Å². The Morgan fingerprint density at radius 2 is 1.81 bits per heavy atom. The van der Waals surface area contributed by atoms with E-state index in [1.54, 1.807) is 4.90 Å². The molecule has 0 aliphatic carbocycles. The summed E-state index contributed by atoms with van der Waals surface area (Å²) >= 11 is 1.34. The Kier molecular flexibility index (Phi) is 7.77. The summed E-state index contributed by atoms with van der Waals surface area (Å²) in [5, 5.41) is 11.2. The molecule has 8 nitrogen and oxygen atoms in total. The molecule has 1 N–H and O–H groups in total. The van der Waals surface area contributed by atoms with Crippen molar-refractivity contribution in [1.82, 2.24) is 24.6 Å². The Balaban J connectivity index is 1.46. The molecule has 12 heteroatoms. The van der Waals surface area contributed by atoms with Crippen LogP contribution < -0.4 is 5.32 Å². The molecule has 1 aliphatic heterocycles. The van der Waals surface area contributed by atoms with Gasteiger partial charge >= 0.3 is 6.18 Å². The first-order valence-corrected chi connectivity index (χ1v) is 11.2. The number of carbonyl (C=O) groups excluding carboxylic acids is 2. The number of thioether (sulfide) groups is 1. The number of carbonyl (C=O) groups is 2. The van der Waals surface area contributed by atoms with E-state index >= 15 is 0 Å². The highest BCUT2D eigenvalue weighted by molar-refractivity contribution is 7.99. The van der Waals surface area contributed by atoms with Crippen molar-refractivity contribution in [2.24, 2.45) is 0 Å². The number of hydrogen-bond donors (Lipinski definition) is 1. The molecular weight excluding hydrogens is 445 g/mol. The standard InChI is InChI=1S/C20H25F3N6O2S/c1-3-29-14(2)25-26-19(29)32-13-18(31)28-10-8-27(9-11-28)12-17(30)24-16-7-5-4-6-15(16)20(21,22)23/h4-7H,3,8-13H2,1-2H3,(H,24,30). The van der Waals surface area contributed by atoms with E-state index in [-0.39, 0.29) is 23.9 Å². The monoisotopic (exact) mass is 470 g/mol. The fourth-order valence-corrected chi connectivity index (χ4v) is 4.39. The van der Waals surface area contributed by atoms with Crippen LogP contribution >= 0.6 is 11.8 Å². The molecule has 1 aliphatic rings. The molecule has 1 fully saturated rings. The van der Waals surface area contributed by atoms with Gasteiger partial charge in [-0.15, -0.1) is 10.2 Å². The number of nitrogens with zero attached hydrogens (tertiary/aromatic N) is 5. The fraction of sp³-hybridized carbons (Fsp3) is 0.500. The lowest BCUT2D eigenvalue weighted by molar-refractivity contribution is -0.137. The third kappa shape index (κ3) is 6.00. The topological polar surface area (TPSA) is 83.4 Å². The fourth-order valence-electron chi connectivity index (χ4n) is 3.44. The van der Waals surface area contributed by atoms with Gasteiger partial charge in [-0.05, 0) is 26.0 Å². The number of rotatable bonds is 7. The van der Waals surface area contributed by atoms with Crippen molar-refractivity contribution >= 4 is 29.3 Å². The molecular formula is C20H25F3N6O2S. The Labute approximate surface area is 188 Å². The van der Waals surface area contributed by atoms with Crippen LogP contribution in [0.2, 0.25) is 0 Å². The SMILES string of the molecule is CCn1c(C)nnc1SCC(=O)N1CCN(CC(=O)Nc2ccccc2C(F)(F)F)CC1. The molecule has 0 unspecified atom stereocenters. The summed E-state index contributed by atoms with van der Waals surface area (Å²) in [6.07, 6.45) is -4.54. The Bertz CT molecular complexity index is 957. The lowest BCUT2D eigenvalue weighted by Gasteiger charge is -2.34. The zero-order valence-electron chi connectivity index (χ0n) is 17.9. The zero-order chi connectivity index (χ0) is 23.3. The van der Waals surface area contributed by atoms with Crippen molar-refractivity contribution in [1.29, 1.82) is 0 Å². The summed E-state index contributed by atoms with van der Waals surface area (Å²) in [5.41, 5.74) is -1.14. The number of piperazine rings is 1. The smallest absolute Gasteiger partial charge is 0.339 e. The van der Waals surface area contributed by atoms with E-state index in [2.05, 4.69) is 15.5 Å². The maximum Gasteiger partial charge on any atom is 0.418 e. The van der Waals surface area contributed by atoms with E-state index in [4.69, 9.17) is 0 Å². The predicted molar refractivity (Wildman–Crippen MR) is 114 cm³/mol. The molecule has 1 aromatic heterocycles. The molecule has 0 bridgehead atoms. The van der Waals surface area contributed by atoms with E-state index in [0.717, 1.165) is 18.4 Å². The number of anilines is 1. The van der Waals surface area contributed by atoms with Crippen molar-refractivity contribution in [2.45, 2.75) is 31.7 Å². The Morgan fingerprint density at radius 1 is 1.12 bits per heavy atom.